The number of hydrogen-bond acceptors (Lipinski definition) is 2. The Labute approximate surface area is 48.0 Å². The van der Waals surface area contributed by atoms with Crippen molar-refractivity contribution < 1.29 is 0 Å². The molecular weight excluding hydrogens is 108 g/mol. The first-order valence-electron chi connectivity index (χ1n) is 2.18. The first-order chi connectivity index (χ1) is 3.27. The topological polar surface area (TPSA) is 49.9 Å². The van der Waals surface area contributed by atoms with Crippen LogP contribution in [0.15, 0.2) is 0 Å². The van der Waals surface area contributed by atoms with Gasteiger partial charge in [-0.15, -0.1) is 0 Å². The molecule has 3 heteroatoms. The molecule has 0 aromatic heterocycles. The standard InChI is InChI=1S/C4H10N2S/c1-2-7-3-4(5)6/h2-3H2,1H3,(H3,5,6). The lowest BCUT2D eigenvalue weighted by Crippen LogP contribution is -2.11. The van der Waals surface area contributed by atoms with Crippen LogP contribution in [0.3, 0.4) is 0 Å². The van der Waals surface area contributed by atoms with Crippen molar-refractivity contribution in [1.29, 1.82) is 5.41 Å². The van der Waals surface area contributed by atoms with Crippen LogP contribution in [0.2, 0.25) is 0 Å². The highest BCUT2D eigenvalue weighted by atomic mass is 32.2. The van der Waals surface area contributed by atoms with Crippen LogP contribution in [0.5, 0.6) is 0 Å². The van der Waals surface area contributed by atoms with Gasteiger partial charge in [-0.3, -0.25) is 5.41 Å². The normalized spacial score (nSPS) is 8.71. The summed E-state index contributed by atoms with van der Waals surface area (Å²) in [6.07, 6.45) is 0. The van der Waals surface area contributed by atoms with Crippen molar-refractivity contribution in [2.75, 3.05) is 11.5 Å². The lowest BCUT2D eigenvalue weighted by Gasteiger charge is -1.90. The second kappa shape index (κ2) is 3.99. The van der Waals surface area contributed by atoms with Crippen molar-refractivity contribution in [2.45, 2.75) is 6.92 Å². The van der Waals surface area contributed by atoms with E-state index in [0.717, 1.165) is 5.75 Å². The Hall–Kier alpha value is -0.180. The van der Waals surface area contributed by atoms with Crippen LogP contribution in [0.4, 0.5) is 0 Å². The summed E-state index contributed by atoms with van der Waals surface area (Å²) < 4.78 is 0. The van der Waals surface area contributed by atoms with Crippen molar-refractivity contribution in [3.05, 3.63) is 0 Å². The van der Waals surface area contributed by atoms with E-state index in [1.165, 1.54) is 0 Å². The fourth-order valence-electron chi connectivity index (χ4n) is 0.212. The number of nitrogens with two attached hydrogens (primary N) is 1. The Bertz CT molecular complexity index is 62.7. The Morgan fingerprint density at radius 1 is 1.86 bits per heavy atom. The third-order valence-corrected chi connectivity index (χ3v) is 1.39. The molecule has 0 aliphatic heterocycles. The lowest BCUT2D eigenvalue weighted by molar-refractivity contribution is 1.42. The van der Waals surface area contributed by atoms with Gasteiger partial charge in [0.05, 0.1) is 5.75 Å². The first kappa shape index (κ1) is 6.82. The maximum atomic E-state index is 6.75. The number of rotatable bonds is 3. The van der Waals surface area contributed by atoms with Crippen molar-refractivity contribution in [3.8, 4) is 0 Å². The molecule has 0 rings (SSSR count). The Morgan fingerprint density at radius 2 is 2.43 bits per heavy atom. The molecule has 0 radical (unpaired) electrons. The van der Waals surface area contributed by atoms with Crippen LogP contribution in [0.1, 0.15) is 6.92 Å². The van der Waals surface area contributed by atoms with Gasteiger partial charge in [-0.2, -0.15) is 11.8 Å². The second-order valence-electron chi connectivity index (χ2n) is 1.16. The van der Waals surface area contributed by atoms with E-state index in [1.54, 1.807) is 11.8 Å². The molecule has 0 amide bonds. The molecule has 0 fully saturated rings. The molecule has 3 N–H and O–H groups in total. The van der Waals surface area contributed by atoms with Crippen LogP contribution in [-0.2, 0) is 0 Å². The number of nitrogens with one attached hydrogen (secondary N) is 1. The molecule has 0 atom stereocenters. The van der Waals surface area contributed by atoms with Crippen molar-refractivity contribution in [2.24, 2.45) is 5.73 Å². The maximum Gasteiger partial charge on any atom is 0.101 e. The van der Waals surface area contributed by atoms with Crippen molar-refractivity contribution in [3.63, 3.8) is 0 Å². The van der Waals surface area contributed by atoms with Gasteiger partial charge in [0.25, 0.3) is 0 Å². The SMILES string of the molecule is CCSCC(=N)N. The minimum Gasteiger partial charge on any atom is -0.387 e. The third kappa shape index (κ3) is 5.82. The molecule has 0 saturated heterocycles. The number of thioether (sulfide) groups is 1. The predicted octanol–water partition coefficient (Wildman–Crippen LogP) is 0.675. The van der Waals surface area contributed by atoms with Crippen molar-refractivity contribution in [1.82, 2.24) is 0 Å². The summed E-state index contributed by atoms with van der Waals surface area (Å²) in [7, 11) is 0. The smallest absolute Gasteiger partial charge is 0.101 e. The minimum atomic E-state index is 0.270. The van der Waals surface area contributed by atoms with Crippen LogP contribution in [0.25, 0.3) is 0 Å². The summed E-state index contributed by atoms with van der Waals surface area (Å²) in [6.45, 7) is 2.05. The Balaban J connectivity index is 2.82. The van der Waals surface area contributed by atoms with E-state index in [1.807, 2.05) is 6.92 Å². The summed E-state index contributed by atoms with van der Waals surface area (Å²) in [5.41, 5.74) is 5.04. The average molecular weight is 118 g/mol. The molecule has 0 saturated carbocycles. The van der Waals surface area contributed by atoms with Crippen LogP contribution < -0.4 is 5.73 Å². The van der Waals surface area contributed by atoms with Crippen molar-refractivity contribution >= 4 is 17.6 Å². The zero-order valence-electron chi connectivity index (χ0n) is 4.40. The molecule has 42 valence electrons. The van der Waals surface area contributed by atoms with Gasteiger partial charge in [0.2, 0.25) is 0 Å². The summed E-state index contributed by atoms with van der Waals surface area (Å²) in [6, 6.07) is 0. The number of hydrogen-bond donors (Lipinski definition) is 2. The van der Waals surface area contributed by atoms with Gasteiger partial charge in [-0.05, 0) is 5.75 Å². The van der Waals surface area contributed by atoms with E-state index in [4.69, 9.17) is 11.1 Å². The van der Waals surface area contributed by atoms with Gasteiger partial charge in [0.15, 0.2) is 0 Å². The quantitative estimate of drug-likeness (QED) is 0.423. The zero-order valence-corrected chi connectivity index (χ0v) is 5.22. The third-order valence-electron chi connectivity index (χ3n) is 0.462. The largest absolute Gasteiger partial charge is 0.387 e. The molecule has 0 unspecified atom stereocenters. The molecule has 0 aromatic carbocycles. The predicted molar refractivity (Wildman–Crippen MR) is 34.9 cm³/mol. The molecule has 0 heterocycles. The highest BCUT2D eigenvalue weighted by molar-refractivity contribution is 7.99. The van der Waals surface area contributed by atoms with Gasteiger partial charge in [-0.25, -0.2) is 0 Å². The van der Waals surface area contributed by atoms with E-state index in [9.17, 15) is 0 Å². The molecule has 7 heavy (non-hydrogen) atoms. The second-order valence-corrected chi connectivity index (χ2v) is 2.44. The molecule has 0 aromatic rings. The van der Waals surface area contributed by atoms with E-state index in [0.29, 0.717) is 5.75 Å². The maximum absolute atomic E-state index is 6.75. The van der Waals surface area contributed by atoms with Gasteiger partial charge in [0, 0.05) is 0 Å². The molecule has 0 bridgehead atoms. The van der Waals surface area contributed by atoms with Gasteiger partial charge in [-0.1, -0.05) is 6.92 Å². The monoisotopic (exact) mass is 118 g/mol. The fourth-order valence-corrected chi connectivity index (χ4v) is 0.636. The van der Waals surface area contributed by atoms with Gasteiger partial charge < -0.3 is 5.73 Å². The lowest BCUT2D eigenvalue weighted by atomic mass is 10.7. The summed E-state index contributed by atoms with van der Waals surface area (Å²) >= 11 is 1.67. The van der Waals surface area contributed by atoms with Gasteiger partial charge in [0.1, 0.15) is 5.84 Å². The summed E-state index contributed by atoms with van der Waals surface area (Å²) in [4.78, 5) is 0. The van der Waals surface area contributed by atoms with E-state index >= 15 is 0 Å². The van der Waals surface area contributed by atoms with Crippen LogP contribution in [0, 0.1) is 5.41 Å². The van der Waals surface area contributed by atoms with E-state index < -0.39 is 0 Å². The highest BCUT2D eigenvalue weighted by Crippen LogP contribution is 1.94. The number of amidine groups is 1. The molecule has 2 nitrogen and oxygen atoms in total. The van der Waals surface area contributed by atoms with Gasteiger partial charge >= 0.3 is 0 Å². The Kier molecular flexibility index (Phi) is 3.89. The molecule has 0 spiro atoms. The average Bonchev–Trinajstić information content (AvgIpc) is 1.61. The minimum absolute atomic E-state index is 0.270. The highest BCUT2D eigenvalue weighted by Gasteiger charge is 1.83. The molecular formula is C4H10N2S. The molecule has 0 aliphatic rings. The summed E-state index contributed by atoms with van der Waals surface area (Å²) in [5, 5.41) is 6.75. The van der Waals surface area contributed by atoms with E-state index in [2.05, 4.69) is 0 Å². The first-order valence-corrected chi connectivity index (χ1v) is 3.33. The van der Waals surface area contributed by atoms with E-state index in [-0.39, 0.29) is 5.84 Å². The zero-order chi connectivity index (χ0) is 5.70. The Morgan fingerprint density at radius 3 is 2.57 bits per heavy atom. The fraction of sp³-hybridized carbons (Fsp3) is 0.750. The van der Waals surface area contributed by atoms with Crippen LogP contribution >= 0.6 is 11.8 Å². The summed E-state index contributed by atoms with van der Waals surface area (Å²) in [5.74, 6) is 1.99. The van der Waals surface area contributed by atoms with Crippen LogP contribution in [-0.4, -0.2) is 17.3 Å². The molecule has 0 aliphatic carbocycles.